The van der Waals surface area contributed by atoms with Crippen LogP contribution in [0.4, 0.5) is 13.2 Å². The van der Waals surface area contributed by atoms with E-state index < -0.39 is 11.9 Å². The van der Waals surface area contributed by atoms with E-state index in [0.29, 0.717) is 42.9 Å². The monoisotopic (exact) mass is 420 g/mol. The van der Waals surface area contributed by atoms with Gasteiger partial charge in [-0.05, 0) is 18.9 Å². The number of rotatable bonds is 4. The molecule has 3 aromatic rings. The first-order valence-electron chi connectivity index (χ1n) is 9.42. The summed E-state index contributed by atoms with van der Waals surface area (Å²) >= 11 is 0. The van der Waals surface area contributed by atoms with Crippen molar-refractivity contribution in [1.29, 1.82) is 0 Å². The Bertz CT molecular complexity index is 1080. The van der Waals surface area contributed by atoms with Crippen LogP contribution in [-0.4, -0.2) is 55.6 Å². The van der Waals surface area contributed by atoms with Crippen LogP contribution in [0.2, 0.25) is 0 Å². The summed E-state index contributed by atoms with van der Waals surface area (Å²) in [4.78, 5) is 26.4. The molecule has 158 valence electrons. The van der Waals surface area contributed by atoms with Crippen LogP contribution in [0.5, 0.6) is 6.01 Å². The lowest BCUT2D eigenvalue weighted by atomic mass is 10.1. The Kier molecular flexibility index (Phi) is 5.04. The Morgan fingerprint density at radius 3 is 2.63 bits per heavy atom. The van der Waals surface area contributed by atoms with Crippen LogP contribution in [0.15, 0.2) is 24.5 Å². The molecule has 3 aromatic heterocycles. The van der Waals surface area contributed by atoms with Gasteiger partial charge < -0.3 is 9.64 Å². The summed E-state index contributed by atoms with van der Waals surface area (Å²) in [6.07, 6.45) is -0.790. The van der Waals surface area contributed by atoms with Gasteiger partial charge in [0.2, 0.25) is 0 Å². The van der Waals surface area contributed by atoms with Crippen molar-refractivity contribution < 1.29 is 22.7 Å². The van der Waals surface area contributed by atoms with Gasteiger partial charge in [0.25, 0.3) is 5.91 Å². The Hall–Kier alpha value is -3.24. The molecule has 4 rings (SSSR count). The summed E-state index contributed by atoms with van der Waals surface area (Å²) in [7, 11) is 1.43. The maximum Gasteiger partial charge on any atom is 0.433 e. The second-order valence-corrected chi connectivity index (χ2v) is 7.02. The largest absolute Gasteiger partial charge is 0.467 e. The lowest BCUT2D eigenvalue weighted by Gasteiger charge is -2.15. The molecule has 0 bridgehead atoms. The van der Waals surface area contributed by atoms with Crippen LogP contribution >= 0.6 is 0 Å². The molecular weight excluding hydrogens is 401 g/mol. The first-order valence-corrected chi connectivity index (χ1v) is 9.42. The molecule has 1 aliphatic heterocycles. The zero-order chi connectivity index (χ0) is 21.5. The van der Waals surface area contributed by atoms with Crippen molar-refractivity contribution in [2.24, 2.45) is 0 Å². The van der Waals surface area contributed by atoms with E-state index in [1.165, 1.54) is 19.5 Å². The second-order valence-electron chi connectivity index (χ2n) is 7.02. The number of aryl methyl sites for hydroxylation is 1. The van der Waals surface area contributed by atoms with Crippen LogP contribution in [0.1, 0.15) is 46.7 Å². The molecule has 1 amide bonds. The van der Waals surface area contributed by atoms with Gasteiger partial charge in [-0.25, -0.2) is 19.5 Å². The average molecular weight is 420 g/mol. The molecule has 11 heteroatoms. The maximum atomic E-state index is 13.5. The van der Waals surface area contributed by atoms with Crippen molar-refractivity contribution in [2.75, 3.05) is 20.2 Å². The summed E-state index contributed by atoms with van der Waals surface area (Å²) in [5, 5.41) is 4.18. The molecule has 1 aliphatic rings. The highest BCUT2D eigenvalue weighted by molar-refractivity contribution is 5.93. The minimum Gasteiger partial charge on any atom is -0.467 e. The van der Waals surface area contributed by atoms with E-state index in [1.54, 1.807) is 17.9 Å². The number of fused-ring (bicyclic) bond motifs is 1. The summed E-state index contributed by atoms with van der Waals surface area (Å²) in [5.41, 5.74) is 0.466. The van der Waals surface area contributed by atoms with Gasteiger partial charge in [-0.3, -0.25) is 4.79 Å². The van der Waals surface area contributed by atoms with Gasteiger partial charge in [0, 0.05) is 43.2 Å². The lowest BCUT2D eigenvalue weighted by Crippen LogP contribution is -2.28. The molecule has 1 atom stereocenters. The lowest BCUT2D eigenvalue weighted by molar-refractivity contribution is -0.142. The minimum atomic E-state index is -4.54. The maximum absolute atomic E-state index is 13.5. The van der Waals surface area contributed by atoms with E-state index in [2.05, 4.69) is 20.1 Å². The van der Waals surface area contributed by atoms with Crippen molar-refractivity contribution in [1.82, 2.24) is 29.5 Å². The van der Waals surface area contributed by atoms with E-state index in [0.717, 1.165) is 10.6 Å². The summed E-state index contributed by atoms with van der Waals surface area (Å²) in [5.74, 6) is -0.424. The Morgan fingerprint density at radius 2 is 2.00 bits per heavy atom. The number of carbonyl (C=O) groups is 1. The average Bonchev–Trinajstić information content (AvgIpc) is 3.38. The standard InChI is InChI=1S/C19H19F3N6O2/c1-3-13-6-15(19(20,21)22)28-16(25-13)7-14(26-28)11-4-5-27(10-11)17(29)12-8-23-18(30-2)24-9-12/h6-9,11H,3-5,10H2,1-2H3. The minimum absolute atomic E-state index is 0.157. The zero-order valence-corrected chi connectivity index (χ0v) is 16.3. The molecule has 0 saturated carbocycles. The Labute approximate surface area is 169 Å². The second kappa shape index (κ2) is 7.54. The van der Waals surface area contributed by atoms with Gasteiger partial charge in [-0.1, -0.05) is 6.92 Å². The molecule has 30 heavy (non-hydrogen) atoms. The van der Waals surface area contributed by atoms with Gasteiger partial charge in [0.05, 0.1) is 18.4 Å². The molecule has 8 nitrogen and oxygen atoms in total. The number of alkyl halides is 3. The number of methoxy groups -OCH3 is 1. The van der Waals surface area contributed by atoms with Gasteiger partial charge in [-0.2, -0.15) is 18.3 Å². The van der Waals surface area contributed by atoms with Crippen molar-refractivity contribution in [3.63, 3.8) is 0 Å². The molecule has 0 aliphatic carbocycles. The van der Waals surface area contributed by atoms with Crippen LogP contribution in [-0.2, 0) is 12.6 Å². The van der Waals surface area contributed by atoms with E-state index >= 15 is 0 Å². The number of aromatic nitrogens is 5. The molecule has 1 saturated heterocycles. The summed E-state index contributed by atoms with van der Waals surface area (Å²) < 4.78 is 46.1. The number of carbonyl (C=O) groups excluding carboxylic acids is 1. The summed E-state index contributed by atoms with van der Waals surface area (Å²) in [6, 6.07) is 2.76. The van der Waals surface area contributed by atoms with Crippen molar-refractivity contribution >= 4 is 11.6 Å². The van der Waals surface area contributed by atoms with E-state index in [4.69, 9.17) is 4.74 Å². The number of nitrogens with zero attached hydrogens (tertiary/aromatic N) is 6. The normalized spacial score (nSPS) is 17.0. The molecule has 0 radical (unpaired) electrons. The van der Waals surface area contributed by atoms with Crippen LogP contribution in [0, 0.1) is 0 Å². The van der Waals surface area contributed by atoms with Gasteiger partial charge in [-0.15, -0.1) is 0 Å². The van der Waals surface area contributed by atoms with Crippen molar-refractivity contribution in [3.05, 3.63) is 47.2 Å². The predicted molar refractivity (Wildman–Crippen MR) is 99.2 cm³/mol. The van der Waals surface area contributed by atoms with E-state index in [1.807, 2.05) is 0 Å². The third-order valence-corrected chi connectivity index (χ3v) is 5.10. The first kappa shape index (κ1) is 20.0. The van der Waals surface area contributed by atoms with Crippen LogP contribution < -0.4 is 4.74 Å². The highest BCUT2D eigenvalue weighted by atomic mass is 19.4. The third-order valence-electron chi connectivity index (χ3n) is 5.10. The fourth-order valence-electron chi connectivity index (χ4n) is 3.53. The fraction of sp³-hybridized carbons (Fsp3) is 0.421. The van der Waals surface area contributed by atoms with Gasteiger partial charge in [0.15, 0.2) is 5.65 Å². The third kappa shape index (κ3) is 3.66. The number of halogens is 3. The molecule has 0 spiro atoms. The molecule has 0 N–H and O–H groups in total. The molecule has 1 fully saturated rings. The van der Waals surface area contributed by atoms with Crippen molar-refractivity contribution in [3.8, 4) is 6.01 Å². The topological polar surface area (TPSA) is 85.5 Å². The van der Waals surface area contributed by atoms with Crippen LogP contribution in [0.3, 0.4) is 0 Å². The predicted octanol–water partition coefficient (Wildman–Crippen LogP) is 2.74. The molecule has 4 heterocycles. The highest BCUT2D eigenvalue weighted by Crippen LogP contribution is 2.32. The Morgan fingerprint density at radius 1 is 1.27 bits per heavy atom. The van der Waals surface area contributed by atoms with E-state index in [-0.39, 0.29) is 23.5 Å². The number of ether oxygens (including phenoxy) is 1. The zero-order valence-electron chi connectivity index (χ0n) is 16.3. The highest BCUT2D eigenvalue weighted by Gasteiger charge is 2.36. The number of hydrogen-bond donors (Lipinski definition) is 0. The first-order chi connectivity index (χ1) is 14.3. The smallest absolute Gasteiger partial charge is 0.433 e. The van der Waals surface area contributed by atoms with Gasteiger partial charge >= 0.3 is 12.2 Å². The molecular formula is C19H19F3N6O2. The van der Waals surface area contributed by atoms with Crippen molar-refractivity contribution in [2.45, 2.75) is 31.9 Å². The van der Waals surface area contributed by atoms with Gasteiger partial charge in [0.1, 0.15) is 5.69 Å². The number of likely N-dealkylation sites (tertiary alicyclic amines) is 1. The Balaban J connectivity index is 1.58. The van der Waals surface area contributed by atoms with Crippen LogP contribution in [0.25, 0.3) is 5.65 Å². The fourth-order valence-corrected chi connectivity index (χ4v) is 3.53. The quantitative estimate of drug-likeness (QED) is 0.645. The number of amides is 1. The number of hydrogen-bond acceptors (Lipinski definition) is 6. The van der Waals surface area contributed by atoms with E-state index in [9.17, 15) is 18.0 Å². The molecule has 1 unspecified atom stereocenters. The molecule has 0 aromatic carbocycles. The summed E-state index contributed by atoms with van der Waals surface area (Å²) in [6.45, 7) is 2.56. The SMILES string of the molecule is CCc1cc(C(F)(F)F)n2nc(C3CCN(C(=O)c4cnc(OC)nc4)C3)cc2n1.